The average Bonchev–Trinajstić information content (AvgIpc) is 2.62. The van der Waals surface area contributed by atoms with Crippen molar-refractivity contribution in [1.29, 1.82) is 0 Å². The molecule has 25 heavy (non-hydrogen) atoms. The molecule has 2 N–H and O–H groups in total. The second-order valence-electron chi connectivity index (χ2n) is 5.49. The monoisotopic (exact) mass is 362 g/mol. The number of nitrogens with one attached hydrogen (secondary N) is 2. The minimum atomic E-state index is -3.60. The molecule has 0 bridgehead atoms. The third-order valence-electron chi connectivity index (χ3n) is 3.68. The number of hydrogen-bond acceptors (Lipinski definition) is 4. The van der Waals surface area contributed by atoms with Gasteiger partial charge in [-0.2, -0.15) is 0 Å². The highest BCUT2D eigenvalue weighted by Crippen LogP contribution is 2.24. The molecule has 0 aliphatic heterocycles. The van der Waals surface area contributed by atoms with E-state index < -0.39 is 10.0 Å². The molecule has 1 unspecified atom stereocenters. The molecule has 2 aromatic rings. The molecule has 2 aromatic carbocycles. The van der Waals surface area contributed by atoms with Gasteiger partial charge in [-0.3, -0.25) is 4.79 Å². The van der Waals surface area contributed by atoms with Gasteiger partial charge in [-0.25, -0.2) is 13.1 Å². The van der Waals surface area contributed by atoms with Crippen molar-refractivity contribution < 1.29 is 17.9 Å². The Bertz CT molecular complexity index is 807. The fourth-order valence-electron chi connectivity index (χ4n) is 2.40. The number of sulfonamides is 1. The van der Waals surface area contributed by atoms with Crippen molar-refractivity contribution in [2.24, 2.45) is 0 Å². The van der Waals surface area contributed by atoms with E-state index in [1.165, 1.54) is 12.1 Å². The van der Waals surface area contributed by atoms with E-state index in [4.69, 9.17) is 4.74 Å². The van der Waals surface area contributed by atoms with Gasteiger partial charge in [-0.05, 0) is 25.1 Å². The maximum atomic E-state index is 12.1. The predicted octanol–water partition coefficient (Wildman–Crippen LogP) is 2.24. The summed E-state index contributed by atoms with van der Waals surface area (Å²) in [6.07, 6.45) is 0.0472. The molecule has 0 fully saturated rings. The van der Waals surface area contributed by atoms with Crippen LogP contribution < -0.4 is 14.8 Å². The van der Waals surface area contributed by atoms with Crippen LogP contribution in [0.2, 0.25) is 0 Å². The van der Waals surface area contributed by atoms with Gasteiger partial charge in [0.25, 0.3) is 0 Å². The third-order valence-corrected chi connectivity index (χ3v) is 5.16. The zero-order valence-corrected chi connectivity index (χ0v) is 15.0. The zero-order valence-electron chi connectivity index (χ0n) is 14.2. The van der Waals surface area contributed by atoms with Gasteiger partial charge >= 0.3 is 0 Å². The van der Waals surface area contributed by atoms with E-state index in [-0.39, 0.29) is 29.8 Å². The smallest absolute Gasteiger partial charge is 0.240 e. The Balaban J connectivity index is 1.87. The summed E-state index contributed by atoms with van der Waals surface area (Å²) >= 11 is 0. The van der Waals surface area contributed by atoms with E-state index in [2.05, 4.69) is 10.0 Å². The third kappa shape index (κ3) is 5.30. The van der Waals surface area contributed by atoms with Crippen molar-refractivity contribution >= 4 is 15.9 Å². The molecule has 0 aliphatic carbocycles. The Hall–Kier alpha value is -2.38. The lowest BCUT2D eigenvalue weighted by molar-refractivity contribution is -0.121. The molecule has 0 aliphatic rings. The number of benzene rings is 2. The fraction of sp³-hybridized carbons (Fsp3) is 0.278. The summed E-state index contributed by atoms with van der Waals surface area (Å²) in [7, 11) is -2.02. The topological polar surface area (TPSA) is 84.5 Å². The van der Waals surface area contributed by atoms with E-state index in [1.807, 2.05) is 31.2 Å². The Morgan fingerprint density at radius 3 is 2.40 bits per heavy atom. The molecule has 1 atom stereocenters. The van der Waals surface area contributed by atoms with E-state index in [0.717, 1.165) is 5.56 Å². The average molecular weight is 362 g/mol. The standard InChI is InChI=1S/C18H22N2O4S/c1-14(16-10-6-7-11-17(16)24-2)20-18(21)12-13-19-25(22,23)15-8-4-3-5-9-15/h3-11,14,19H,12-13H2,1-2H3,(H,20,21). The van der Waals surface area contributed by atoms with Crippen LogP contribution in [-0.2, 0) is 14.8 Å². The molecule has 0 radical (unpaired) electrons. The van der Waals surface area contributed by atoms with Crippen molar-refractivity contribution in [3.05, 3.63) is 60.2 Å². The summed E-state index contributed by atoms with van der Waals surface area (Å²) in [6, 6.07) is 15.2. The van der Waals surface area contributed by atoms with Gasteiger partial charge in [0.2, 0.25) is 15.9 Å². The fourth-order valence-corrected chi connectivity index (χ4v) is 3.45. The second kappa shape index (κ2) is 8.64. The van der Waals surface area contributed by atoms with Crippen LogP contribution in [0.15, 0.2) is 59.5 Å². The number of hydrogen-bond donors (Lipinski definition) is 2. The van der Waals surface area contributed by atoms with Crippen molar-refractivity contribution in [3.8, 4) is 5.75 Å². The first-order valence-corrected chi connectivity index (χ1v) is 9.39. The lowest BCUT2D eigenvalue weighted by atomic mass is 10.1. The van der Waals surface area contributed by atoms with Gasteiger partial charge in [-0.15, -0.1) is 0 Å². The Labute approximate surface area is 148 Å². The summed E-state index contributed by atoms with van der Waals surface area (Å²) < 4.78 is 31.9. The molecule has 6 nitrogen and oxygen atoms in total. The molecular formula is C18H22N2O4S. The molecule has 2 rings (SSSR count). The van der Waals surface area contributed by atoms with E-state index in [1.54, 1.807) is 25.3 Å². The Kier molecular flexibility index (Phi) is 6.55. The number of rotatable bonds is 8. The van der Waals surface area contributed by atoms with Crippen LogP contribution in [0.4, 0.5) is 0 Å². The summed E-state index contributed by atoms with van der Waals surface area (Å²) in [5, 5.41) is 2.84. The SMILES string of the molecule is COc1ccccc1C(C)NC(=O)CCNS(=O)(=O)c1ccccc1. The largest absolute Gasteiger partial charge is 0.496 e. The van der Waals surface area contributed by atoms with Crippen LogP contribution in [-0.4, -0.2) is 28.0 Å². The molecule has 7 heteroatoms. The Morgan fingerprint density at radius 1 is 1.08 bits per heavy atom. The Morgan fingerprint density at radius 2 is 1.72 bits per heavy atom. The predicted molar refractivity (Wildman–Crippen MR) is 95.8 cm³/mol. The van der Waals surface area contributed by atoms with Gasteiger partial charge in [-0.1, -0.05) is 36.4 Å². The zero-order chi connectivity index (χ0) is 18.3. The molecule has 1 amide bonds. The van der Waals surface area contributed by atoms with Gasteiger partial charge < -0.3 is 10.1 Å². The quantitative estimate of drug-likeness (QED) is 0.754. The highest BCUT2D eigenvalue weighted by molar-refractivity contribution is 7.89. The molecule has 0 aromatic heterocycles. The van der Waals surface area contributed by atoms with Crippen molar-refractivity contribution in [3.63, 3.8) is 0 Å². The summed E-state index contributed by atoms with van der Waals surface area (Å²) in [5.41, 5.74) is 0.864. The number of carbonyl (C=O) groups is 1. The molecular weight excluding hydrogens is 340 g/mol. The van der Waals surface area contributed by atoms with Gasteiger partial charge in [0.15, 0.2) is 0 Å². The number of amides is 1. The minimum Gasteiger partial charge on any atom is -0.496 e. The van der Waals surface area contributed by atoms with Crippen molar-refractivity contribution in [2.45, 2.75) is 24.3 Å². The first-order chi connectivity index (χ1) is 11.9. The minimum absolute atomic E-state index is 0.0295. The summed E-state index contributed by atoms with van der Waals surface area (Å²) in [4.78, 5) is 12.2. The number of methoxy groups -OCH3 is 1. The molecule has 0 saturated carbocycles. The number of carbonyl (C=O) groups excluding carboxylic acids is 1. The van der Waals surface area contributed by atoms with Crippen LogP contribution in [0.5, 0.6) is 5.75 Å². The lowest BCUT2D eigenvalue weighted by Crippen LogP contribution is -2.32. The van der Waals surface area contributed by atoms with Crippen LogP contribution in [0.1, 0.15) is 24.9 Å². The number of para-hydroxylation sites is 1. The summed E-state index contributed by atoms with van der Waals surface area (Å²) in [6.45, 7) is 1.88. The van der Waals surface area contributed by atoms with Crippen molar-refractivity contribution in [2.75, 3.05) is 13.7 Å². The first kappa shape index (κ1) is 19.0. The van der Waals surface area contributed by atoms with Crippen LogP contribution >= 0.6 is 0 Å². The van der Waals surface area contributed by atoms with Gasteiger partial charge in [0, 0.05) is 18.5 Å². The normalized spacial score (nSPS) is 12.4. The molecule has 0 saturated heterocycles. The van der Waals surface area contributed by atoms with Crippen molar-refractivity contribution in [1.82, 2.24) is 10.0 Å². The molecule has 0 spiro atoms. The van der Waals surface area contributed by atoms with Crippen LogP contribution in [0.25, 0.3) is 0 Å². The second-order valence-corrected chi connectivity index (χ2v) is 7.26. The lowest BCUT2D eigenvalue weighted by Gasteiger charge is -2.17. The van der Waals surface area contributed by atoms with Crippen LogP contribution in [0.3, 0.4) is 0 Å². The van der Waals surface area contributed by atoms with Gasteiger partial charge in [0.05, 0.1) is 18.0 Å². The highest BCUT2D eigenvalue weighted by atomic mass is 32.2. The highest BCUT2D eigenvalue weighted by Gasteiger charge is 2.16. The van der Waals surface area contributed by atoms with E-state index in [9.17, 15) is 13.2 Å². The van der Waals surface area contributed by atoms with E-state index >= 15 is 0 Å². The van der Waals surface area contributed by atoms with E-state index in [0.29, 0.717) is 5.75 Å². The summed E-state index contributed by atoms with van der Waals surface area (Å²) in [5.74, 6) is 0.453. The van der Waals surface area contributed by atoms with Gasteiger partial charge in [0.1, 0.15) is 5.75 Å². The maximum Gasteiger partial charge on any atom is 0.240 e. The maximum absolute atomic E-state index is 12.1. The molecule has 134 valence electrons. The molecule has 0 heterocycles. The number of ether oxygens (including phenoxy) is 1. The first-order valence-electron chi connectivity index (χ1n) is 7.91. The van der Waals surface area contributed by atoms with Crippen LogP contribution in [0, 0.1) is 0 Å².